The molecule has 2 aromatic carbocycles. The van der Waals surface area contributed by atoms with E-state index in [4.69, 9.17) is 16.7 Å². The fourth-order valence-corrected chi connectivity index (χ4v) is 4.17. The van der Waals surface area contributed by atoms with Crippen molar-refractivity contribution in [3.05, 3.63) is 76.9 Å². The maximum Gasteiger partial charge on any atom is 0.255 e. The van der Waals surface area contributed by atoms with Crippen LogP contribution in [0, 0.1) is 0 Å². The number of hydrogen-bond donors (Lipinski definition) is 1. The molecule has 1 aliphatic rings. The van der Waals surface area contributed by atoms with E-state index in [0.717, 1.165) is 24.1 Å². The molecule has 0 atom stereocenters. The second-order valence-corrected chi connectivity index (χ2v) is 8.53. The van der Waals surface area contributed by atoms with Crippen LogP contribution >= 0.6 is 11.6 Å². The van der Waals surface area contributed by atoms with Crippen molar-refractivity contribution in [3.63, 3.8) is 0 Å². The minimum atomic E-state index is -0.0806. The molecule has 0 bridgehead atoms. The van der Waals surface area contributed by atoms with E-state index in [9.17, 15) is 4.79 Å². The van der Waals surface area contributed by atoms with E-state index in [0.29, 0.717) is 29.4 Å². The quantitative estimate of drug-likeness (QED) is 0.513. The molecule has 0 saturated carbocycles. The summed E-state index contributed by atoms with van der Waals surface area (Å²) in [7, 11) is 0. The molecule has 1 aromatic heterocycles. The van der Waals surface area contributed by atoms with E-state index in [-0.39, 0.29) is 5.91 Å². The highest BCUT2D eigenvalue weighted by atomic mass is 35.5. The first-order valence-electron chi connectivity index (χ1n) is 11.1. The highest BCUT2D eigenvalue weighted by Gasteiger charge is 2.18. The van der Waals surface area contributed by atoms with Crippen LogP contribution in [0.2, 0.25) is 5.02 Å². The number of nitrogens with one attached hydrogen (secondary N) is 1. The van der Waals surface area contributed by atoms with Gasteiger partial charge in [0.05, 0.1) is 12.1 Å². The summed E-state index contributed by atoms with van der Waals surface area (Å²) < 4.78 is 1.84. The fraction of sp³-hybridized carbons (Fsp3) is 0.360. The Morgan fingerprint density at radius 1 is 1.00 bits per heavy atom. The Morgan fingerprint density at radius 2 is 1.74 bits per heavy atom. The van der Waals surface area contributed by atoms with Gasteiger partial charge in [0.15, 0.2) is 0 Å². The highest BCUT2D eigenvalue weighted by molar-refractivity contribution is 6.30. The minimum absolute atomic E-state index is 0.0806. The normalized spacial score (nSPS) is 14.5. The van der Waals surface area contributed by atoms with Crippen LogP contribution in [0.25, 0.3) is 11.3 Å². The van der Waals surface area contributed by atoms with Gasteiger partial charge in [-0.05, 0) is 56.6 Å². The standard InChI is InChI=1S/C25H29ClN4O/c26-22-12-10-21(11-13-22)24-23(19-30(28-24)18-20-8-3-1-4-9-20)25(31)27-14-7-17-29-15-5-2-6-16-29/h1,3-4,8-13,19H,2,5-7,14-18H2,(H,27,31). The van der Waals surface area contributed by atoms with Crippen molar-refractivity contribution >= 4 is 17.5 Å². The van der Waals surface area contributed by atoms with Gasteiger partial charge in [0.25, 0.3) is 5.91 Å². The van der Waals surface area contributed by atoms with Crippen LogP contribution < -0.4 is 5.32 Å². The number of likely N-dealkylation sites (tertiary alicyclic amines) is 1. The SMILES string of the molecule is O=C(NCCCN1CCCCC1)c1cn(Cc2ccccc2)nc1-c1ccc(Cl)cc1. The number of aromatic nitrogens is 2. The van der Waals surface area contributed by atoms with Crippen molar-refractivity contribution in [3.8, 4) is 11.3 Å². The third kappa shape index (κ3) is 5.96. The average Bonchev–Trinajstić information content (AvgIpc) is 3.22. The molecule has 1 saturated heterocycles. The smallest absolute Gasteiger partial charge is 0.255 e. The summed E-state index contributed by atoms with van der Waals surface area (Å²) in [6.45, 7) is 4.68. The van der Waals surface area contributed by atoms with Crippen LogP contribution in [0.3, 0.4) is 0 Å². The molecule has 162 valence electrons. The lowest BCUT2D eigenvalue weighted by Gasteiger charge is -2.26. The first-order chi connectivity index (χ1) is 15.2. The second kappa shape index (κ2) is 10.6. The van der Waals surface area contributed by atoms with Gasteiger partial charge < -0.3 is 10.2 Å². The number of amides is 1. The maximum atomic E-state index is 13.0. The molecular formula is C25H29ClN4O. The Hall–Kier alpha value is -2.63. The van der Waals surface area contributed by atoms with E-state index in [1.54, 1.807) is 0 Å². The maximum absolute atomic E-state index is 13.0. The largest absolute Gasteiger partial charge is 0.352 e. The molecule has 4 rings (SSSR count). The zero-order chi connectivity index (χ0) is 21.5. The Kier molecular flexibility index (Phi) is 7.39. The molecule has 1 N–H and O–H groups in total. The molecule has 3 aromatic rings. The van der Waals surface area contributed by atoms with Crippen LogP contribution in [0.5, 0.6) is 0 Å². The number of piperidine rings is 1. The van der Waals surface area contributed by atoms with Crippen molar-refractivity contribution in [1.29, 1.82) is 0 Å². The number of carbonyl (C=O) groups excluding carboxylic acids is 1. The van der Waals surface area contributed by atoms with Crippen molar-refractivity contribution in [1.82, 2.24) is 20.0 Å². The van der Waals surface area contributed by atoms with Crippen LogP contribution in [0.15, 0.2) is 60.8 Å². The molecule has 0 spiro atoms. The number of nitrogens with zero attached hydrogens (tertiary/aromatic N) is 3. The molecule has 1 fully saturated rings. The monoisotopic (exact) mass is 436 g/mol. The Labute approximate surface area is 189 Å². The molecule has 0 unspecified atom stereocenters. The lowest BCUT2D eigenvalue weighted by atomic mass is 10.1. The van der Waals surface area contributed by atoms with Crippen molar-refractivity contribution in [2.24, 2.45) is 0 Å². The van der Waals surface area contributed by atoms with E-state index in [1.807, 2.05) is 53.3 Å². The Morgan fingerprint density at radius 3 is 2.48 bits per heavy atom. The highest BCUT2D eigenvalue weighted by Crippen LogP contribution is 2.24. The van der Waals surface area contributed by atoms with Crippen molar-refractivity contribution < 1.29 is 4.79 Å². The number of rotatable bonds is 8. The molecule has 1 amide bonds. The van der Waals surface area contributed by atoms with Gasteiger partial charge in [-0.25, -0.2) is 0 Å². The van der Waals surface area contributed by atoms with Gasteiger partial charge in [0, 0.05) is 23.3 Å². The minimum Gasteiger partial charge on any atom is -0.352 e. The number of carbonyl (C=O) groups is 1. The summed E-state index contributed by atoms with van der Waals surface area (Å²) in [6.07, 6.45) is 6.72. The van der Waals surface area contributed by atoms with Crippen LogP contribution in [0.4, 0.5) is 0 Å². The summed E-state index contributed by atoms with van der Waals surface area (Å²) in [5.74, 6) is -0.0806. The van der Waals surface area contributed by atoms with Gasteiger partial charge >= 0.3 is 0 Å². The second-order valence-electron chi connectivity index (χ2n) is 8.09. The Balaban J connectivity index is 1.46. The first-order valence-corrected chi connectivity index (χ1v) is 11.4. The van der Waals surface area contributed by atoms with Gasteiger partial charge in [-0.3, -0.25) is 9.48 Å². The molecule has 2 heterocycles. The van der Waals surface area contributed by atoms with Gasteiger partial charge in [0.2, 0.25) is 0 Å². The predicted molar refractivity (Wildman–Crippen MR) is 125 cm³/mol. The van der Waals surface area contributed by atoms with E-state index in [2.05, 4.69) is 22.3 Å². The lowest BCUT2D eigenvalue weighted by molar-refractivity contribution is 0.0951. The number of hydrogen-bond acceptors (Lipinski definition) is 3. The summed E-state index contributed by atoms with van der Waals surface area (Å²) in [5, 5.41) is 8.49. The zero-order valence-electron chi connectivity index (χ0n) is 17.8. The topological polar surface area (TPSA) is 50.2 Å². The lowest BCUT2D eigenvalue weighted by Crippen LogP contribution is -2.33. The van der Waals surface area contributed by atoms with Gasteiger partial charge in [0.1, 0.15) is 5.69 Å². The van der Waals surface area contributed by atoms with Gasteiger partial charge in [-0.2, -0.15) is 5.10 Å². The summed E-state index contributed by atoms with van der Waals surface area (Å²) in [4.78, 5) is 15.5. The van der Waals surface area contributed by atoms with E-state index < -0.39 is 0 Å². The average molecular weight is 437 g/mol. The molecule has 5 nitrogen and oxygen atoms in total. The molecule has 6 heteroatoms. The fourth-order valence-electron chi connectivity index (χ4n) is 4.04. The zero-order valence-corrected chi connectivity index (χ0v) is 18.5. The summed E-state index contributed by atoms with van der Waals surface area (Å²) >= 11 is 6.05. The van der Waals surface area contributed by atoms with Crippen LogP contribution in [0.1, 0.15) is 41.6 Å². The summed E-state index contributed by atoms with van der Waals surface area (Å²) in [6, 6.07) is 17.6. The molecule has 0 radical (unpaired) electrons. The third-order valence-electron chi connectivity index (χ3n) is 5.70. The molecule has 0 aliphatic carbocycles. The predicted octanol–water partition coefficient (Wildman–Crippen LogP) is 4.86. The number of halogens is 1. The van der Waals surface area contributed by atoms with Crippen molar-refractivity contribution in [2.75, 3.05) is 26.2 Å². The van der Waals surface area contributed by atoms with Gasteiger partial charge in [-0.1, -0.05) is 60.5 Å². The van der Waals surface area contributed by atoms with Crippen LogP contribution in [-0.2, 0) is 6.54 Å². The van der Waals surface area contributed by atoms with E-state index >= 15 is 0 Å². The molecular weight excluding hydrogens is 408 g/mol. The van der Waals surface area contributed by atoms with Gasteiger partial charge in [-0.15, -0.1) is 0 Å². The third-order valence-corrected chi connectivity index (χ3v) is 5.95. The van der Waals surface area contributed by atoms with Crippen molar-refractivity contribution in [2.45, 2.75) is 32.2 Å². The van der Waals surface area contributed by atoms with Crippen LogP contribution in [-0.4, -0.2) is 46.8 Å². The molecule has 1 aliphatic heterocycles. The first kappa shape index (κ1) is 21.6. The molecule has 31 heavy (non-hydrogen) atoms. The Bertz CT molecular complexity index is 979. The van der Waals surface area contributed by atoms with E-state index in [1.165, 1.54) is 32.4 Å². The number of benzene rings is 2. The summed E-state index contributed by atoms with van der Waals surface area (Å²) in [5.41, 5.74) is 3.30.